The van der Waals surface area contributed by atoms with Gasteiger partial charge in [0.25, 0.3) is 0 Å². The van der Waals surface area contributed by atoms with Crippen LogP contribution < -0.4 is 4.90 Å². The van der Waals surface area contributed by atoms with Crippen molar-refractivity contribution in [2.75, 3.05) is 18.6 Å². The van der Waals surface area contributed by atoms with Gasteiger partial charge in [-0.3, -0.25) is 0 Å². The maximum Gasteiger partial charge on any atom is 0.435 e. The van der Waals surface area contributed by atoms with Crippen molar-refractivity contribution in [3.63, 3.8) is 0 Å². The lowest BCUT2D eigenvalue weighted by atomic mass is 9.64. The van der Waals surface area contributed by atoms with E-state index in [-0.39, 0.29) is 17.6 Å². The van der Waals surface area contributed by atoms with E-state index >= 15 is 0 Å². The molecule has 0 radical (unpaired) electrons. The molecule has 0 spiro atoms. The number of alkyl halides is 3. The highest BCUT2D eigenvalue weighted by molar-refractivity contribution is 5.40. The van der Waals surface area contributed by atoms with Gasteiger partial charge in [0, 0.05) is 25.1 Å². The lowest BCUT2D eigenvalue weighted by Crippen LogP contribution is -2.61. The zero-order chi connectivity index (χ0) is 15.8. The Morgan fingerprint density at radius 2 is 2.00 bits per heavy atom. The van der Waals surface area contributed by atoms with Crippen molar-refractivity contribution < 1.29 is 17.9 Å². The van der Waals surface area contributed by atoms with Crippen LogP contribution in [0.3, 0.4) is 0 Å². The molecule has 0 saturated heterocycles. The Morgan fingerprint density at radius 1 is 1.33 bits per heavy atom. The van der Waals surface area contributed by atoms with E-state index in [1.807, 2.05) is 18.9 Å². The van der Waals surface area contributed by atoms with Crippen LogP contribution in [0.15, 0.2) is 12.1 Å². The molecule has 1 saturated carbocycles. The van der Waals surface area contributed by atoms with E-state index in [4.69, 9.17) is 4.74 Å². The molecule has 1 aromatic rings. The molecule has 1 heterocycles. The van der Waals surface area contributed by atoms with Gasteiger partial charge in [0.05, 0.1) is 6.10 Å². The summed E-state index contributed by atoms with van der Waals surface area (Å²) in [5, 5.41) is 6.97. The van der Waals surface area contributed by atoms with Gasteiger partial charge in [-0.25, -0.2) is 0 Å². The summed E-state index contributed by atoms with van der Waals surface area (Å²) in [5.41, 5.74) is -1.05. The largest absolute Gasteiger partial charge is 0.435 e. The quantitative estimate of drug-likeness (QED) is 0.856. The van der Waals surface area contributed by atoms with Crippen molar-refractivity contribution >= 4 is 5.82 Å². The van der Waals surface area contributed by atoms with E-state index in [1.165, 1.54) is 6.07 Å². The Hall–Kier alpha value is -1.37. The van der Waals surface area contributed by atoms with Gasteiger partial charge in [-0.15, -0.1) is 10.2 Å². The molecule has 0 bridgehead atoms. The molecule has 1 aliphatic rings. The third-order valence-electron chi connectivity index (χ3n) is 4.26. The number of hydrogen-bond donors (Lipinski definition) is 0. The number of anilines is 1. The summed E-state index contributed by atoms with van der Waals surface area (Å²) in [7, 11) is 1.83. The average molecular weight is 303 g/mol. The van der Waals surface area contributed by atoms with Crippen molar-refractivity contribution in [1.29, 1.82) is 0 Å². The van der Waals surface area contributed by atoms with Gasteiger partial charge in [-0.1, -0.05) is 13.8 Å². The number of rotatable bonds is 4. The summed E-state index contributed by atoms with van der Waals surface area (Å²) in [6.45, 7) is 6.80. The zero-order valence-corrected chi connectivity index (χ0v) is 12.6. The van der Waals surface area contributed by atoms with Crippen molar-refractivity contribution in [3.05, 3.63) is 17.8 Å². The first-order chi connectivity index (χ1) is 9.67. The molecular weight excluding hydrogens is 283 g/mol. The van der Waals surface area contributed by atoms with Crippen molar-refractivity contribution in [2.24, 2.45) is 5.41 Å². The lowest BCUT2D eigenvalue weighted by Gasteiger charge is -2.55. The van der Waals surface area contributed by atoms with Crippen molar-refractivity contribution in [2.45, 2.75) is 45.5 Å². The molecule has 1 aromatic heterocycles. The highest BCUT2D eigenvalue weighted by atomic mass is 19.4. The summed E-state index contributed by atoms with van der Waals surface area (Å²) in [4.78, 5) is 1.88. The zero-order valence-electron chi connectivity index (χ0n) is 12.6. The predicted octanol–water partition coefficient (Wildman–Crippen LogP) is 3.14. The lowest BCUT2D eigenvalue weighted by molar-refractivity contribution is -0.141. The normalized spacial score (nSPS) is 24.5. The fraction of sp³-hybridized carbons (Fsp3) is 0.714. The number of halogens is 3. The number of ether oxygens (including phenoxy) is 1. The Balaban J connectivity index is 2.09. The minimum absolute atomic E-state index is 0.0743. The smallest absolute Gasteiger partial charge is 0.378 e. The van der Waals surface area contributed by atoms with E-state index in [0.29, 0.717) is 12.4 Å². The van der Waals surface area contributed by atoms with Gasteiger partial charge < -0.3 is 9.64 Å². The molecule has 4 nitrogen and oxygen atoms in total. The summed E-state index contributed by atoms with van der Waals surface area (Å²) in [5.74, 6) is 0.441. The van der Waals surface area contributed by atoms with Crippen LogP contribution in [0.2, 0.25) is 0 Å². The van der Waals surface area contributed by atoms with E-state index in [9.17, 15) is 13.2 Å². The minimum atomic E-state index is -4.46. The first-order valence-corrected chi connectivity index (χ1v) is 6.93. The van der Waals surface area contributed by atoms with E-state index < -0.39 is 11.9 Å². The summed E-state index contributed by atoms with van der Waals surface area (Å²) in [6, 6.07) is 2.49. The van der Waals surface area contributed by atoms with E-state index in [0.717, 1.165) is 12.5 Å². The van der Waals surface area contributed by atoms with E-state index in [1.54, 1.807) is 0 Å². The molecule has 2 atom stereocenters. The maximum absolute atomic E-state index is 12.5. The standard InChI is InChI=1S/C14H20F3N3O/c1-5-21-11-8-10(13(11,2)3)20(4)12-7-6-9(18-19-12)14(15,16)17/h6-7,10-11H,5,8H2,1-4H3. The summed E-state index contributed by atoms with van der Waals surface area (Å²) >= 11 is 0. The summed E-state index contributed by atoms with van der Waals surface area (Å²) in [6.07, 6.45) is -3.46. The summed E-state index contributed by atoms with van der Waals surface area (Å²) < 4.78 is 43.1. The van der Waals surface area contributed by atoms with Crippen LogP contribution in [0.4, 0.5) is 19.0 Å². The van der Waals surface area contributed by atoms with Crippen LogP contribution in [0.25, 0.3) is 0 Å². The molecule has 0 N–H and O–H groups in total. The number of hydrogen-bond acceptors (Lipinski definition) is 4. The molecule has 2 rings (SSSR count). The Bertz CT molecular complexity index is 487. The Kier molecular flexibility index (Phi) is 4.15. The van der Waals surface area contributed by atoms with Crippen LogP contribution in [-0.2, 0) is 10.9 Å². The fourth-order valence-electron chi connectivity index (χ4n) is 2.83. The van der Waals surface area contributed by atoms with Gasteiger partial charge in [0.1, 0.15) is 0 Å². The second kappa shape index (κ2) is 5.44. The van der Waals surface area contributed by atoms with Crippen LogP contribution in [-0.4, -0.2) is 36.0 Å². The topological polar surface area (TPSA) is 38.2 Å². The molecule has 0 aliphatic heterocycles. The third-order valence-corrected chi connectivity index (χ3v) is 4.26. The average Bonchev–Trinajstić information content (AvgIpc) is 2.41. The van der Waals surface area contributed by atoms with E-state index in [2.05, 4.69) is 24.0 Å². The molecule has 21 heavy (non-hydrogen) atoms. The van der Waals surface area contributed by atoms with Crippen LogP contribution in [0.1, 0.15) is 32.9 Å². The molecule has 1 aliphatic carbocycles. The molecule has 0 amide bonds. The molecule has 2 unspecified atom stereocenters. The third kappa shape index (κ3) is 2.97. The predicted molar refractivity (Wildman–Crippen MR) is 73.0 cm³/mol. The van der Waals surface area contributed by atoms with Gasteiger partial charge in [0.15, 0.2) is 11.5 Å². The molecule has 1 fully saturated rings. The van der Waals surface area contributed by atoms with Gasteiger partial charge in [0.2, 0.25) is 0 Å². The van der Waals surface area contributed by atoms with Crippen LogP contribution in [0, 0.1) is 5.41 Å². The SMILES string of the molecule is CCOC1CC(N(C)c2ccc(C(F)(F)F)nn2)C1(C)C. The minimum Gasteiger partial charge on any atom is -0.378 e. The van der Waals surface area contributed by atoms with Crippen LogP contribution in [0.5, 0.6) is 0 Å². The molecule has 7 heteroatoms. The first-order valence-electron chi connectivity index (χ1n) is 6.93. The highest BCUT2D eigenvalue weighted by Gasteiger charge is 2.51. The van der Waals surface area contributed by atoms with Crippen molar-refractivity contribution in [3.8, 4) is 0 Å². The molecular formula is C14H20F3N3O. The van der Waals surface area contributed by atoms with Crippen molar-refractivity contribution in [1.82, 2.24) is 10.2 Å². The maximum atomic E-state index is 12.5. The Morgan fingerprint density at radius 3 is 2.43 bits per heavy atom. The second-order valence-electron chi connectivity index (χ2n) is 5.90. The van der Waals surface area contributed by atoms with Crippen LogP contribution >= 0.6 is 0 Å². The van der Waals surface area contributed by atoms with Gasteiger partial charge >= 0.3 is 6.18 Å². The Labute approximate surface area is 122 Å². The highest BCUT2D eigenvalue weighted by Crippen LogP contribution is 2.46. The van der Waals surface area contributed by atoms with Gasteiger partial charge in [-0.05, 0) is 25.5 Å². The van der Waals surface area contributed by atoms with Gasteiger partial charge in [-0.2, -0.15) is 13.2 Å². The molecule has 118 valence electrons. The fourth-order valence-corrected chi connectivity index (χ4v) is 2.83. The second-order valence-corrected chi connectivity index (χ2v) is 5.90. The number of aromatic nitrogens is 2. The number of nitrogens with zero attached hydrogens (tertiary/aromatic N) is 3. The monoisotopic (exact) mass is 303 g/mol. The molecule has 0 aromatic carbocycles. The first kappa shape index (κ1) is 16.0.